The van der Waals surface area contributed by atoms with E-state index in [1.165, 1.54) is 0 Å². The fourth-order valence-electron chi connectivity index (χ4n) is 2.75. The third kappa shape index (κ3) is 3.96. The summed E-state index contributed by atoms with van der Waals surface area (Å²) in [7, 11) is 1.70. The molecule has 0 aliphatic heterocycles. The number of aryl methyl sites for hydroxylation is 1. The fourth-order valence-corrected chi connectivity index (χ4v) is 2.75. The van der Waals surface area contributed by atoms with Crippen LogP contribution >= 0.6 is 0 Å². The van der Waals surface area contributed by atoms with Gasteiger partial charge in [-0.15, -0.1) is 0 Å². The molecule has 0 atom stereocenters. The normalized spacial score (nSPS) is 11.2. The number of para-hydroxylation sites is 1. The van der Waals surface area contributed by atoms with Crippen molar-refractivity contribution in [2.45, 2.75) is 26.2 Å². The Morgan fingerprint density at radius 3 is 2.50 bits per heavy atom. The van der Waals surface area contributed by atoms with Crippen molar-refractivity contribution in [3.05, 3.63) is 60.4 Å². The van der Waals surface area contributed by atoms with Crippen LogP contribution in [0, 0.1) is 6.92 Å². The first-order chi connectivity index (χ1) is 12.5. The highest BCUT2D eigenvalue weighted by Gasteiger charge is 2.24. The quantitative estimate of drug-likeness (QED) is 0.732. The first-order valence-corrected chi connectivity index (χ1v) is 8.48. The van der Waals surface area contributed by atoms with E-state index < -0.39 is 0 Å². The summed E-state index contributed by atoms with van der Waals surface area (Å²) in [5.41, 5.74) is 2.67. The average Bonchev–Trinajstić information content (AvgIpc) is 2.67. The molecular weight excluding hydrogens is 326 g/mol. The molecule has 3 aromatic rings. The lowest BCUT2D eigenvalue weighted by Crippen LogP contribution is -2.28. The molecule has 2 aromatic heterocycles. The number of nitrogens with one attached hydrogen (secondary N) is 1. The lowest BCUT2D eigenvalue weighted by molar-refractivity contribution is 0.395. The maximum Gasteiger partial charge on any atom is 0.129 e. The van der Waals surface area contributed by atoms with E-state index in [-0.39, 0.29) is 5.41 Å². The number of methoxy groups -OCH3 is 1. The summed E-state index contributed by atoms with van der Waals surface area (Å²) in [6.07, 6.45) is 5.09. The summed E-state index contributed by atoms with van der Waals surface area (Å²) >= 11 is 0. The fraction of sp³-hybridized carbons (Fsp3) is 0.300. The van der Waals surface area contributed by atoms with E-state index in [1.807, 2.05) is 31.2 Å². The summed E-state index contributed by atoms with van der Waals surface area (Å²) in [6.45, 7) is 6.91. The largest absolute Gasteiger partial charge is 0.496 e. The standard InChI is InChI=1S/C20H23N5O/c1-14-21-10-15(11-22-14)17-9-19(25-13-24-17)23-12-20(2,3)16-7-5-6-8-18(16)26-4/h5-11,13H,12H2,1-4H3,(H,23,24,25). The summed E-state index contributed by atoms with van der Waals surface area (Å²) in [6, 6.07) is 9.99. The van der Waals surface area contributed by atoms with E-state index in [2.05, 4.69) is 45.2 Å². The molecule has 0 aliphatic rings. The number of rotatable bonds is 6. The highest BCUT2D eigenvalue weighted by atomic mass is 16.5. The second kappa shape index (κ2) is 7.47. The number of nitrogens with zero attached hydrogens (tertiary/aromatic N) is 4. The maximum absolute atomic E-state index is 5.50. The van der Waals surface area contributed by atoms with Crippen LogP contribution in [-0.2, 0) is 5.41 Å². The van der Waals surface area contributed by atoms with Crippen molar-refractivity contribution in [1.82, 2.24) is 19.9 Å². The molecule has 0 bridgehead atoms. The van der Waals surface area contributed by atoms with Gasteiger partial charge >= 0.3 is 0 Å². The number of anilines is 1. The Balaban J connectivity index is 1.77. The molecule has 6 nitrogen and oxygen atoms in total. The Morgan fingerprint density at radius 2 is 1.77 bits per heavy atom. The van der Waals surface area contributed by atoms with E-state index in [0.29, 0.717) is 6.54 Å². The molecule has 0 radical (unpaired) electrons. The second-order valence-corrected chi connectivity index (χ2v) is 6.75. The Hall–Kier alpha value is -3.02. The molecule has 0 aliphatic carbocycles. The van der Waals surface area contributed by atoms with E-state index >= 15 is 0 Å². The van der Waals surface area contributed by atoms with Gasteiger partial charge in [0.1, 0.15) is 23.7 Å². The third-order valence-electron chi connectivity index (χ3n) is 4.29. The number of aromatic nitrogens is 4. The van der Waals surface area contributed by atoms with Crippen LogP contribution in [0.3, 0.4) is 0 Å². The zero-order chi connectivity index (χ0) is 18.6. The van der Waals surface area contributed by atoms with Crippen LogP contribution in [-0.4, -0.2) is 33.6 Å². The van der Waals surface area contributed by atoms with Crippen LogP contribution in [0.2, 0.25) is 0 Å². The van der Waals surface area contributed by atoms with Crippen molar-refractivity contribution >= 4 is 5.82 Å². The minimum absolute atomic E-state index is 0.134. The smallest absolute Gasteiger partial charge is 0.129 e. The van der Waals surface area contributed by atoms with Gasteiger partial charge in [0.25, 0.3) is 0 Å². The van der Waals surface area contributed by atoms with Crippen LogP contribution in [0.5, 0.6) is 5.75 Å². The van der Waals surface area contributed by atoms with Gasteiger partial charge in [-0.1, -0.05) is 32.0 Å². The lowest BCUT2D eigenvalue weighted by Gasteiger charge is -2.27. The maximum atomic E-state index is 5.50. The van der Waals surface area contributed by atoms with Crippen LogP contribution in [0.25, 0.3) is 11.3 Å². The molecule has 1 N–H and O–H groups in total. The minimum Gasteiger partial charge on any atom is -0.496 e. The molecule has 0 spiro atoms. The molecule has 0 saturated heterocycles. The number of hydrogen-bond acceptors (Lipinski definition) is 6. The Labute approximate surface area is 153 Å². The molecule has 0 amide bonds. The van der Waals surface area contributed by atoms with Crippen molar-refractivity contribution in [2.24, 2.45) is 0 Å². The molecule has 26 heavy (non-hydrogen) atoms. The lowest BCUT2D eigenvalue weighted by atomic mass is 9.84. The van der Waals surface area contributed by atoms with E-state index in [9.17, 15) is 0 Å². The summed E-state index contributed by atoms with van der Waals surface area (Å²) < 4.78 is 5.50. The monoisotopic (exact) mass is 349 g/mol. The number of ether oxygens (including phenoxy) is 1. The summed E-state index contributed by atoms with van der Waals surface area (Å²) in [4.78, 5) is 17.1. The molecule has 134 valence electrons. The summed E-state index contributed by atoms with van der Waals surface area (Å²) in [5.74, 6) is 2.39. The van der Waals surface area contributed by atoms with Crippen LogP contribution in [0.4, 0.5) is 5.82 Å². The van der Waals surface area contributed by atoms with E-state index in [1.54, 1.807) is 25.8 Å². The molecule has 0 fully saturated rings. The molecule has 1 aromatic carbocycles. The van der Waals surface area contributed by atoms with Gasteiger partial charge in [0.15, 0.2) is 0 Å². The predicted octanol–water partition coefficient (Wildman–Crippen LogP) is 3.64. The molecule has 3 rings (SSSR count). The highest BCUT2D eigenvalue weighted by molar-refractivity contribution is 5.60. The van der Waals surface area contributed by atoms with Crippen molar-refractivity contribution in [1.29, 1.82) is 0 Å². The Morgan fingerprint density at radius 1 is 1.04 bits per heavy atom. The van der Waals surface area contributed by atoms with Crippen molar-refractivity contribution in [3.63, 3.8) is 0 Å². The van der Waals surface area contributed by atoms with Crippen LogP contribution < -0.4 is 10.1 Å². The van der Waals surface area contributed by atoms with Crippen molar-refractivity contribution in [2.75, 3.05) is 19.0 Å². The Kier molecular flexibility index (Phi) is 5.11. The average molecular weight is 349 g/mol. The van der Waals surface area contributed by atoms with Gasteiger partial charge in [0.2, 0.25) is 0 Å². The SMILES string of the molecule is COc1ccccc1C(C)(C)CNc1cc(-c2cnc(C)nc2)ncn1. The van der Waals surface area contributed by atoms with Gasteiger partial charge in [0, 0.05) is 41.5 Å². The van der Waals surface area contributed by atoms with Gasteiger partial charge < -0.3 is 10.1 Å². The number of benzene rings is 1. The first kappa shape index (κ1) is 17.8. The van der Waals surface area contributed by atoms with E-state index in [4.69, 9.17) is 4.74 Å². The zero-order valence-corrected chi connectivity index (χ0v) is 15.5. The number of hydrogen-bond donors (Lipinski definition) is 1. The van der Waals surface area contributed by atoms with Gasteiger partial charge in [-0.05, 0) is 13.0 Å². The van der Waals surface area contributed by atoms with Crippen molar-refractivity contribution < 1.29 is 4.74 Å². The highest BCUT2D eigenvalue weighted by Crippen LogP contribution is 2.31. The molecule has 2 heterocycles. The second-order valence-electron chi connectivity index (χ2n) is 6.75. The van der Waals surface area contributed by atoms with Crippen LogP contribution in [0.15, 0.2) is 49.1 Å². The molecule has 0 saturated carbocycles. The van der Waals surface area contributed by atoms with Gasteiger partial charge in [-0.25, -0.2) is 19.9 Å². The van der Waals surface area contributed by atoms with E-state index in [0.717, 1.165) is 34.2 Å². The van der Waals surface area contributed by atoms with Gasteiger partial charge in [0.05, 0.1) is 12.8 Å². The minimum atomic E-state index is -0.134. The topological polar surface area (TPSA) is 72.8 Å². The van der Waals surface area contributed by atoms with Crippen molar-refractivity contribution in [3.8, 4) is 17.0 Å². The van der Waals surface area contributed by atoms with Crippen LogP contribution in [0.1, 0.15) is 25.2 Å². The van der Waals surface area contributed by atoms with Gasteiger partial charge in [-0.2, -0.15) is 0 Å². The zero-order valence-electron chi connectivity index (χ0n) is 15.5. The van der Waals surface area contributed by atoms with Gasteiger partial charge in [-0.3, -0.25) is 0 Å². The summed E-state index contributed by atoms with van der Waals surface area (Å²) in [5, 5.41) is 3.41. The Bertz CT molecular complexity index is 877. The third-order valence-corrected chi connectivity index (χ3v) is 4.29. The molecular formula is C20H23N5O. The first-order valence-electron chi connectivity index (χ1n) is 8.48. The molecule has 0 unspecified atom stereocenters. The predicted molar refractivity (Wildman–Crippen MR) is 102 cm³/mol. The molecule has 6 heteroatoms.